The van der Waals surface area contributed by atoms with Crippen molar-refractivity contribution in [3.63, 3.8) is 0 Å². The Morgan fingerprint density at radius 1 is 1.30 bits per heavy atom. The average molecular weight is 534 g/mol. The second-order valence-corrected chi connectivity index (χ2v) is 12.4. The zero-order valence-electron chi connectivity index (χ0n) is 22.7. The van der Waals surface area contributed by atoms with Gasteiger partial charge in [-0.15, -0.1) is 0 Å². The molecule has 2 aromatic rings. The summed E-state index contributed by atoms with van der Waals surface area (Å²) in [6, 6.07) is 3.66. The number of aryl methyl sites for hydroxylation is 1. The van der Waals surface area contributed by atoms with Crippen LogP contribution in [0.1, 0.15) is 51.9 Å². The first-order valence-electron chi connectivity index (χ1n) is 12.3. The van der Waals surface area contributed by atoms with Crippen LogP contribution in [0.15, 0.2) is 57.9 Å². The van der Waals surface area contributed by atoms with Crippen LogP contribution < -0.4 is 0 Å². The number of azo groups is 1. The van der Waals surface area contributed by atoms with Gasteiger partial charge in [-0.1, -0.05) is 40.3 Å². The molecule has 1 aliphatic rings. The van der Waals surface area contributed by atoms with E-state index in [0.717, 1.165) is 12.8 Å². The fraction of sp³-hybridized carbons (Fsp3) is 0.519. The maximum atomic E-state index is 14.5. The number of rotatable bonds is 9. The Morgan fingerprint density at radius 2 is 1.92 bits per heavy atom. The van der Waals surface area contributed by atoms with Gasteiger partial charge in [0.1, 0.15) is 17.5 Å². The van der Waals surface area contributed by atoms with Crippen molar-refractivity contribution in [1.29, 1.82) is 0 Å². The van der Waals surface area contributed by atoms with Gasteiger partial charge in [0.25, 0.3) is 10.0 Å². The number of benzene rings is 1. The van der Waals surface area contributed by atoms with Crippen molar-refractivity contribution in [2.75, 3.05) is 20.1 Å². The van der Waals surface area contributed by atoms with Gasteiger partial charge in [0.15, 0.2) is 5.03 Å². The Kier molecular flexibility index (Phi) is 8.24. The van der Waals surface area contributed by atoms with Gasteiger partial charge in [0.05, 0.1) is 17.5 Å². The molecule has 0 radical (unpaired) electrons. The van der Waals surface area contributed by atoms with Crippen molar-refractivity contribution in [2.45, 2.75) is 52.5 Å². The Labute approximate surface area is 219 Å². The van der Waals surface area contributed by atoms with Gasteiger partial charge in [-0.3, -0.25) is 0 Å². The number of aromatic nitrogens is 2. The van der Waals surface area contributed by atoms with Crippen LogP contribution >= 0.6 is 0 Å². The van der Waals surface area contributed by atoms with E-state index in [1.165, 1.54) is 35.7 Å². The average Bonchev–Trinajstić information content (AvgIpc) is 3.27. The summed E-state index contributed by atoms with van der Waals surface area (Å²) < 4.78 is 59.2. The fourth-order valence-corrected chi connectivity index (χ4v) is 7.11. The molecule has 37 heavy (non-hydrogen) atoms. The number of hydrogen-bond donors (Lipinski definition) is 0. The molecule has 0 N–H and O–H groups in total. The lowest BCUT2D eigenvalue weighted by atomic mass is 9.64. The maximum Gasteiger partial charge on any atom is 0.260 e. The first-order valence-corrected chi connectivity index (χ1v) is 13.8. The van der Waals surface area contributed by atoms with Crippen LogP contribution in [-0.2, 0) is 17.1 Å². The van der Waals surface area contributed by atoms with Crippen LogP contribution in [0.4, 0.5) is 8.78 Å². The summed E-state index contributed by atoms with van der Waals surface area (Å²) in [6.45, 7) is 14.8. The molecule has 0 aliphatic heterocycles. The van der Waals surface area contributed by atoms with Crippen molar-refractivity contribution in [3.05, 3.63) is 65.6 Å². The lowest BCUT2D eigenvalue weighted by Crippen LogP contribution is -2.46. The molecule has 0 spiro atoms. The normalized spacial score (nSPS) is 22.3. The van der Waals surface area contributed by atoms with Crippen molar-refractivity contribution >= 4 is 15.7 Å². The smallest absolute Gasteiger partial charge is 0.260 e. The number of nitrogens with zero attached hydrogens (tertiary/aromatic N) is 5. The predicted molar refractivity (Wildman–Crippen MR) is 141 cm³/mol. The molecule has 2 unspecified atom stereocenters. The topological polar surface area (TPSA) is 79.9 Å². The van der Waals surface area contributed by atoms with E-state index in [0.29, 0.717) is 24.5 Å². The van der Waals surface area contributed by atoms with Gasteiger partial charge in [-0.05, 0) is 60.3 Å². The number of sulfonamides is 1. The summed E-state index contributed by atoms with van der Waals surface area (Å²) in [6.07, 6.45) is 4.50. The molecule has 0 amide bonds. The van der Waals surface area contributed by atoms with Gasteiger partial charge >= 0.3 is 0 Å². The molecule has 1 saturated carbocycles. The Balaban J connectivity index is 1.93. The third kappa shape index (κ3) is 5.18. The van der Waals surface area contributed by atoms with Gasteiger partial charge < -0.3 is 4.57 Å². The molecule has 202 valence electrons. The molecular weight excluding hydrogens is 496 g/mol. The summed E-state index contributed by atoms with van der Waals surface area (Å²) in [4.78, 5) is 4.16. The SMILES string of the molecule is C=C(/C=C(\N=N/C)c1c(F)cccc1F)C1CCC(C)(CN(CC)S(=O)(=O)c2cnc(C)n2C)C1(C)C. The number of allylic oxidation sites excluding steroid dienone is 2. The monoisotopic (exact) mass is 533 g/mol. The summed E-state index contributed by atoms with van der Waals surface area (Å²) in [5.41, 5.74) is -0.277. The third-order valence-corrected chi connectivity index (χ3v) is 10.2. The minimum Gasteiger partial charge on any atom is -0.321 e. The molecule has 1 aliphatic carbocycles. The van der Waals surface area contributed by atoms with Gasteiger partial charge in [-0.2, -0.15) is 14.5 Å². The van der Waals surface area contributed by atoms with Crippen molar-refractivity contribution in [1.82, 2.24) is 13.9 Å². The highest BCUT2D eigenvalue weighted by Crippen LogP contribution is 2.58. The van der Waals surface area contributed by atoms with E-state index < -0.39 is 21.7 Å². The van der Waals surface area contributed by atoms with Crippen molar-refractivity contribution in [2.24, 2.45) is 34.0 Å². The van der Waals surface area contributed by atoms with E-state index in [1.54, 1.807) is 24.6 Å². The van der Waals surface area contributed by atoms with Crippen LogP contribution in [0, 0.1) is 35.3 Å². The van der Waals surface area contributed by atoms with E-state index in [9.17, 15) is 17.2 Å². The molecule has 7 nitrogen and oxygen atoms in total. The molecule has 1 heterocycles. The highest BCUT2D eigenvalue weighted by Gasteiger charge is 2.53. The maximum absolute atomic E-state index is 14.5. The molecule has 1 aromatic carbocycles. The lowest BCUT2D eigenvalue weighted by Gasteiger charge is -2.44. The summed E-state index contributed by atoms with van der Waals surface area (Å²) >= 11 is 0. The minimum atomic E-state index is -3.76. The largest absolute Gasteiger partial charge is 0.321 e. The number of imidazole rings is 1. The number of hydrogen-bond acceptors (Lipinski definition) is 5. The summed E-state index contributed by atoms with van der Waals surface area (Å²) in [5.74, 6) is -0.890. The highest BCUT2D eigenvalue weighted by atomic mass is 32.2. The van der Waals surface area contributed by atoms with E-state index >= 15 is 0 Å². The number of halogens is 2. The Morgan fingerprint density at radius 3 is 2.43 bits per heavy atom. The molecule has 3 rings (SSSR count). The molecule has 10 heteroatoms. The van der Waals surface area contributed by atoms with Crippen LogP contribution in [0.25, 0.3) is 5.70 Å². The van der Waals surface area contributed by atoms with Gasteiger partial charge in [0.2, 0.25) is 0 Å². The Bertz CT molecular complexity index is 1330. The summed E-state index contributed by atoms with van der Waals surface area (Å²) in [7, 11) is -0.623. The first kappa shape index (κ1) is 28.8. The minimum absolute atomic E-state index is 0.0604. The van der Waals surface area contributed by atoms with Crippen LogP contribution in [0.2, 0.25) is 0 Å². The van der Waals surface area contributed by atoms with E-state index in [2.05, 4.69) is 42.6 Å². The standard InChI is InChI=1S/C27H37F2N5O2S/c1-9-34(37(35,36)24-16-31-19(3)33(24)8)17-27(6)14-13-20(26(27,4)5)18(2)15-23(32-30-7)25-21(28)11-10-12-22(25)29/h10-12,15-16,20H,2,9,13-14,17H2,1,3-8H3/b23-15-,32-30-. The zero-order valence-corrected chi connectivity index (χ0v) is 23.5. The van der Waals surface area contributed by atoms with Crippen molar-refractivity contribution < 1.29 is 17.2 Å². The molecular formula is C27H37F2N5O2S. The Hall–Kier alpha value is -2.72. The molecule has 1 fully saturated rings. The van der Waals surface area contributed by atoms with Gasteiger partial charge in [0, 0.05) is 27.2 Å². The lowest BCUT2D eigenvalue weighted by molar-refractivity contribution is 0.0802. The molecule has 0 bridgehead atoms. The molecule has 1 aromatic heterocycles. The second-order valence-electron chi connectivity index (χ2n) is 10.5. The summed E-state index contributed by atoms with van der Waals surface area (Å²) in [5, 5.41) is 7.92. The van der Waals surface area contributed by atoms with Crippen LogP contribution in [0.3, 0.4) is 0 Å². The second kappa shape index (κ2) is 10.6. The van der Waals surface area contributed by atoms with Crippen LogP contribution in [0.5, 0.6) is 0 Å². The van der Waals surface area contributed by atoms with Crippen LogP contribution in [-0.4, -0.2) is 42.4 Å². The van der Waals surface area contributed by atoms with Gasteiger partial charge in [-0.25, -0.2) is 22.2 Å². The van der Waals surface area contributed by atoms with E-state index in [-0.39, 0.29) is 33.0 Å². The zero-order chi connectivity index (χ0) is 27.8. The molecule has 2 atom stereocenters. The van der Waals surface area contributed by atoms with Crippen molar-refractivity contribution in [3.8, 4) is 0 Å². The van der Waals surface area contributed by atoms with E-state index in [1.807, 2.05) is 6.92 Å². The predicted octanol–water partition coefficient (Wildman–Crippen LogP) is 6.14. The molecule has 0 saturated heterocycles. The quantitative estimate of drug-likeness (QED) is 0.287. The highest BCUT2D eigenvalue weighted by molar-refractivity contribution is 7.89. The fourth-order valence-electron chi connectivity index (χ4n) is 5.38. The van der Waals surface area contributed by atoms with E-state index in [4.69, 9.17) is 0 Å². The first-order chi connectivity index (χ1) is 17.2. The third-order valence-electron chi connectivity index (χ3n) is 8.27.